The predicted molar refractivity (Wildman–Crippen MR) is 137 cm³/mol. The van der Waals surface area contributed by atoms with Crippen LogP contribution in [0.5, 0.6) is 0 Å². The van der Waals surface area contributed by atoms with Gasteiger partial charge in [0.15, 0.2) is 6.10 Å². The number of carbonyl (C=O) groups is 4. The summed E-state index contributed by atoms with van der Waals surface area (Å²) in [5, 5.41) is 16.0. The minimum absolute atomic E-state index is 0.101. The van der Waals surface area contributed by atoms with Gasteiger partial charge in [0.1, 0.15) is 17.7 Å². The Morgan fingerprint density at radius 2 is 1.76 bits per heavy atom. The van der Waals surface area contributed by atoms with Crippen LogP contribution in [0.4, 0.5) is 4.79 Å². The number of ether oxygens (including phenoxy) is 2. The van der Waals surface area contributed by atoms with Gasteiger partial charge in [-0.25, -0.2) is 9.59 Å². The van der Waals surface area contributed by atoms with Crippen LogP contribution < -0.4 is 10.6 Å². The van der Waals surface area contributed by atoms with Gasteiger partial charge in [-0.3, -0.25) is 9.59 Å². The van der Waals surface area contributed by atoms with Crippen molar-refractivity contribution >= 4 is 23.9 Å². The first kappa shape index (κ1) is 30.1. The van der Waals surface area contributed by atoms with E-state index in [-0.39, 0.29) is 18.2 Å². The van der Waals surface area contributed by atoms with E-state index in [2.05, 4.69) is 15.4 Å². The molecule has 0 spiro atoms. The predicted octanol–water partition coefficient (Wildman–Crippen LogP) is 2.18. The fourth-order valence-electron chi connectivity index (χ4n) is 4.32. The van der Waals surface area contributed by atoms with Crippen molar-refractivity contribution in [3.63, 3.8) is 0 Å². The number of methoxy groups -OCH3 is 1. The summed E-state index contributed by atoms with van der Waals surface area (Å²) in [4.78, 5) is 52.8. The van der Waals surface area contributed by atoms with E-state index < -0.39 is 47.8 Å². The molecule has 0 radical (unpaired) electrons. The number of rotatable bonds is 10. The highest BCUT2D eigenvalue weighted by Crippen LogP contribution is 2.21. The van der Waals surface area contributed by atoms with Crippen LogP contribution in [-0.4, -0.2) is 77.4 Å². The molecule has 0 saturated carbocycles. The summed E-state index contributed by atoms with van der Waals surface area (Å²) >= 11 is 0. The molecule has 3 N–H and O–H groups in total. The van der Waals surface area contributed by atoms with Crippen LogP contribution in [0.15, 0.2) is 30.3 Å². The van der Waals surface area contributed by atoms with Gasteiger partial charge in [-0.2, -0.15) is 0 Å². The van der Waals surface area contributed by atoms with Gasteiger partial charge >= 0.3 is 12.1 Å². The number of likely N-dealkylation sites (tertiary alicyclic amines) is 1. The van der Waals surface area contributed by atoms with Crippen molar-refractivity contribution in [3.05, 3.63) is 35.9 Å². The summed E-state index contributed by atoms with van der Waals surface area (Å²) in [5.41, 5.74) is 0.0912. The number of carbonyl (C=O) groups excluding carboxylic acids is 4. The summed E-state index contributed by atoms with van der Waals surface area (Å²) < 4.78 is 10.0. The molecular weight excluding hydrogens is 478 g/mol. The molecular formula is C27H41N3O7. The molecule has 1 aliphatic heterocycles. The summed E-state index contributed by atoms with van der Waals surface area (Å²) in [6.45, 7) is 9.44. The first-order valence-electron chi connectivity index (χ1n) is 12.7. The van der Waals surface area contributed by atoms with Crippen LogP contribution >= 0.6 is 0 Å². The molecule has 1 aliphatic rings. The average molecular weight is 520 g/mol. The Morgan fingerprint density at radius 3 is 2.32 bits per heavy atom. The molecule has 1 aromatic rings. The van der Waals surface area contributed by atoms with Crippen LogP contribution in [-0.2, 0) is 30.3 Å². The zero-order valence-electron chi connectivity index (χ0n) is 22.7. The van der Waals surface area contributed by atoms with Crippen molar-refractivity contribution in [3.8, 4) is 0 Å². The maximum absolute atomic E-state index is 13.5. The number of nitrogens with one attached hydrogen (secondary N) is 2. The third kappa shape index (κ3) is 9.35. The highest BCUT2D eigenvalue weighted by Gasteiger charge is 2.40. The highest BCUT2D eigenvalue weighted by atomic mass is 16.6. The smallest absolute Gasteiger partial charge is 0.408 e. The molecule has 1 heterocycles. The number of benzene rings is 1. The molecule has 10 nitrogen and oxygen atoms in total. The van der Waals surface area contributed by atoms with Gasteiger partial charge < -0.3 is 30.1 Å². The molecule has 0 aliphatic carbocycles. The number of aliphatic hydroxyl groups excluding tert-OH is 1. The zero-order valence-corrected chi connectivity index (χ0v) is 22.7. The summed E-state index contributed by atoms with van der Waals surface area (Å²) in [6.07, 6.45) is -0.684. The molecule has 0 bridgehead atoms. The Labute approximate surface area is 219 Å². The van der Waals surface area contributed by atoms with E-state index >= 15 is 0 Å². The number of nitrogens with zero attached hydrogens (tertiary/aromatic N) is 1. The van der Waals surface area contributed by atoms with Crippen LogP contribution in [0.2, 0.25) is 0 Å². The van der Waals surface area contributed by atoms with E-state index in [1.54, 1.807) is 20.8 Å². The summed E-state index contributed by atoms with van der Waals surface area (Å²) in [6, 6.07) is 6.53. The second kappa shape index (κ2) is 13.4. The maximum atomic E-state index is 13.5. The van der Waals surface area contributed by atoms with Gasteiger partial charge in [-0.15, -0.1) is 0 Å². The van der Waals surface area contributed by atoms with Crippen LogP contribution in [0.1, 0.15) is 59.4 Å². The summed E-state index contributed by atoms with van der Waals surface area (Å²) in [5.74, 6) is -1.61. The second-order valence-corrected chi connectivity index (χ2v) is 10.8. The van der Waals surface area contributed by atoms with Gasteiger partial charge in [-0.05, 0) is 57.9 Å². The van der Waals surface area contributed by atoms with Crippen molar-refractivity contribution in [2.75, 3.05) is 13.7 Å². The number of esters is 1. The lowest BCUT2D eigenvalue weighted by atomic mass is 10.00. The van der Waals surface area contributed by atoms with Gasteiger partial charge in [-0.1, -0.05) is 44.2 Å². The third-order valence-corrected chi connectivity index (χ3v) is 5.98. The van der Waals surface area contributed by atoms with Crippen LogP contribution in [0.3, 0.4) is 0 Å². The Hall–Kier alpha value is -3.14. The maximum Gasteiger partial charge on any atom is 0.408 e. The highest BCUT2D eigenvalue weighted by molar-refractivity contribution is 5.92. The Morgan fingerprint density at radius 1 is 1.11 bits per heavy atom. The first-order valence-corrected chi connectivity index (χ1v) is 12.7. The number of hydrogen-bond donors (Lipinski definition) is 3. The fourth-order valence-corrected chi connectivity index (χ4v) is 4.32. The Kier molecular flexibility index (Phi) is 10.9. The average Bonchev–Trinajstić information content (AvgIpc) is 3.31. The summed E-state index contributed by atoms with van der Waals surface area (Å²) in [7, 11) is 1.16. The number of hydrogen-bond acceptors (Lipinski definition) is 7. The lowest BCUT2D eigenvalue weighted by Gasteiger charge is -2.31. The van der Waals surface area contributed by atoms with Crippen LogP contribution in [0, 0.1) is 5.92 Å². The zero-order chi connectivity index (χ0) is 27.8. The van der Waals surface area contributed by atoms with Gasteiger partial charge in [0.2, 0.25) is 11.8 Å². The van der Waals surface area contributed by atoms with E-state index in [1.165, 1.54) is 4.90 Å². The normalized spacial score (nSPS) is 18.1. The van der Waals surface area contributed by atoms with E-state index in [9.17, 15) is 24.3 Å². The standard InChI is InChI=1S/C27H41N3O7/c1-17(2)15-20(29-26(35)37-27(3,4)5)24(33)30-14-10-13-21(30)23(32)28-19(22(31)25(34)36-6)16-18-11-8-7-9-12-18/h7-9,11-12,17,19-22,31H,10,13-16H2,1-6H3,(H,28,32)(H,29,35)/t19-,20-,21-,22+/m0/s1. The van der Waals surface area contributed by atoms with E-state index in [0.29, 0.717) is 25.8 Å². The number of amides is 3. The second-order valence-electron chi connectivity index (χ2n) is 10.8. The molecule has 3 amide bonds. The third-order valence-electron chi connectivity index (χ3n) is 5.98. The van der Waals surface area contributed by atoms with Crippen molar-refractivity contribution in [1.29, 1.82) is 0 Å². The lowest BCUT2D eigenvalue weighted by molar-refractivity contribution is -0.152. The van der Waals surface area contributed by atoms with Gasteiger partial charge in [0.25, 0.3) is 0 Å². The topological polar surface area (TPSA) is 134 Å². The molecule has 1 aromatic carbocycles. The molecule has 0 unspecified atom stereocenters. The molecule has 10 heteroatoms. The Balaban J connectivity index is 2.19. The minimum Gasteiger partial charge on any atom is -0.467 e. The monoisotopic (exact) mass is 519 g/mol. The van der Waals surface area contributed by atoms with E-state index in [0.717, 1.165) is 12.7 Å². The molecule has 2 rings (SSSR count). The molecule has 1 saturated heterocycles. The lowest BCUT2D eigenvalue weighted by Crippen LogP contribution is -2.57. The quantitative estimate of drug-likeness (QED) is 0.403. The number of alkyl carbamates (subject to hydrolysis) is 1. The van der Waals surface area contributed by atoms with E-state index in [1.807, 2.05) is 44.2 Å². The largest absolute Gasteiger partial charge is 0.467 e. The van der Waals surface area contributed by atoms with E-state index in [4.69, 9.17) is 4.74 Å². The molecule has 4 atom stereocenters. The molecule has 206 valence electrons. The fraction of sp³-hybridized carbons (Fsp3) is 0.630. The van der Waals surface area contributed by atoms with Crippen molar-refractivity contribution < 1.29 is 33.8 Å². The van der Waals surface area contributed by atoms with Crippen LogP contribution in [0.25, 0.3) is 0 Å². The van der Waals surface area contributed by atoms with Crippen molar-refractivity contribution in [2.24, 2.45) is 5.92 Å². The van der Waals surface area contributed by atoms with Crippen molar-refractivity contribution in [1.82, 2.24) is 15.5 Å². The minimum atomic E-state index is -1.58. The first-order chi connectivity index (χ1) is 17.3. The Bertz CT molecular complexity index is 930. The SMILES string of the molecule is COC(=O)[C@H](O)[C@H](Cc1ccccc1)NC(=O)[C@@H]1CCCN1C(=O)[C@H](CC(C)C)NC(=O)OC(C)(C)C. The molecule has 37 heavy (non-hydrogen) atoms. The van der Waals surface area contributed by atoms with Gasteiger partial charge in [0.05, 0.1) is 13.2 Å². The number of aliphatic hydroxyl groups is 1. The van der Waals surface area contributed by atoms with Crippen molar-refractivity contribution in [2.45, 2.75) is 90.1 Å². The molecule has 0 aromatic heterocycles. The molecule has 1 fully saturated rings. The van der Waals surface area contributed by atoms with Gasteiger partial charge in [0, 0.05) is 6.54 Å².